The highest BCUT2D eigenvalue weighted by atomic mass is 79.9. The number of halogens is 3. The first-order valence-corrected chi connectivity index (χ1v) is 14.9. The van der Waals surface area contributed by atoms with E-state index in [0.29, 0.717) is 18.5 Å². The fourth-order valence-electron chi connectivity index (χ4n) is 5.38. The van der Waals surface area contributed by atoms with Gasteiger partial charge in [-0.25, -0.2) is 22.6 Å². The van der Waals surface area contributed by atoms with Crippen LogP contribution in [0.15, 0.2) is 51.8 Å². The summed E-state index contributed by atoms with van der Waals surface area (Å²) in [5, 5.41) is 0. The normalized spacial score (nSPS) is 23.6. The fraction of sp³-hybridized carbons (Fsp3) is 0.455. The minimum absolute atomic E-state index is 0.00932. The summed E-state index contributed by atoms with van der Waals surface area (Å²) in [6.45, 7) is 0. The third-order valence-electron chi connectivity index (χ3n) is 6.97. The molecule has 3 aliphatic rings. The SMILES string of the molecule is NC(F)(F)Oc1ccc(S(=O)(=O)N2c3ccc(Br)cc3C3(CCS(=O)(=O)CC3)C2C2CC2)cc1. The molecule has 34 heavy (non-hydrogen) atoms. The van der Waals surface area contributed by atoms with Gasteiger partial charge in [0.1, 0.15) is 15.6 Å². The minimum Gasteiger partial charge on any atom is -0.420 e. The Labute approximate surface area is 205 Å². The Morgan fingerprint density at radius 2 is 1.71 bits per heavy atom. The molecule has 2 aliphatic heterocycles. The van der Waals surface area contributed by atoms with Gasteiger partial charge in [0.05, 0.1) is 28.1 Å². The molecule has 0 bridgehead atoms. The quantitative estimate of drug-likeness (QED) is 0.429. The fourth-order valence-corrected chi connectivity index (χ4v) is 9.10. The van der Waals surface area contributed by atoms with Gasteiger partial charge in [0.2, 0.25) is 0 Å². The summed E-state index contributed by atoms with van der Waals surface area (Å²) in [5.74, 6) is -0.129. The first-order valence-electron chi connectivity index (χ1n) is 10.8. The molecule has 0 amide bonds. The summed E-state index contributed by atoms with van der Waals surface area (Å²) in [6.07, 6.45) is -1.46. The first kappa shape index (κ1) is 24.0. The molecule has 1 aliphatic carbocycles. The van der Waals surface area contributed by atoms with Crippen molar-refractivity contribution in [2.45, 2.75) is 48.3 Å². The van der Waals surface area contributed by atoms with E-state index in [1.807, 2.05) is 6.07 Å². The third-order valence-corrected chi connectivity index (χ3v) is 10.9. The average molecular weight is 577 g/mol. The lowest BCUT2D eigenvalue weighted by Crippen LogP contribution is -2.52. The van der Waals surface area contributed by atoms with E-state index in [2.05, 4.69) is 26.4 Å². The summed E-state index contributed by atoms with van der Waals surface area (Å²) < 4.78 is 85.0. The average Bonchev–Trinajstić information content (AvgIpc) is 3.53. The largest absolute Gasteiger partial charge is 0.466 e. The Bertz CT molecular complexity index is 1330. The van der Waals surface area contributed by atoms with Crippen molar-refractivity contribution in [3.63, 3.8) is 0 Å². The van der Waals surface area contributed by atoms with Crippen molar-refractivity contribution in [3.05, 3.63) is 52.5 Å². The van der Waals surface area contributed by atoms with Crippen LogP contribution in [0, 0.1) is 5.92 Å². The van der Waals surface area contributed by atoms with Crippen molar-refractivity contribution in [1.29, 1.82) is 0 Å². The Kier molecular flexibility index (Phi) is 5.55. The number of fused-ring (bicyclic) bond motifs is 2. The van der Waals surface area contributed by atoms with E-state index < -0.39 is 37.5 Å². The molecule has 5 rings (SSSR count). The van der Waals surface area contributed by atoms with Crippen molar-refractivity contribution in [3.8, 4) is 5.75 Å². The van der Waals surface area contributed by atoms with E-state index in [0.717, 1.165) is 35.0 Å². The van der Waals surface area contributed by atoms with Gasteiger partial charge in [-0.3, -0.25) is 4.31 Å². The zero-order valence-corrected chi connectivity index (χ0v) is 21.2. The van der Waals surface area contributed by atoms with E-state index in [-0.39, 0.29) is 28.1 Å². The molecule has 2 heterocycles. The summed E-state index contributed by atoms with van der Waals surface area (Å²) in [5.41, 5.74) is 5.35. The Morgan fingerprint density at radius 1 is 1.09 bits per heavy atom. The zero-order valence-electron chi connectivity index (χ0n) is 18.0. The number of hydrogen-bond donors (Lipinski definition) is 1. The Hall–Kier alpha value is -1.76. The number of alkyl halides is 2. The molecule has 0 radical (unpaired) electrons. The summed E-state index contributed by atoms with van der Waals surface area (Å²) in [7, 11) is -7.27. The predicted octanol–water partition coefficient (Wildman–Crippen LogP) is 3.77. The molecule has 12 heteroatoms. The maximum Gasteiger partial charge on any atom is 0.466 e. The molecule has 1 spiro atoms. The van der Waals surface area contributed by atoms with E-state index in [1.165, 1.54) is 16.4 Å². The second kappa shape index (κ2) is 7.87. The highest BCUT2D eigenvalue weighted by molar-refractivity contribution is 9.10. The molecule has 1 saturated carbocycles. The second-order valence-electron chi connectivity index (χ2n) is 9.19. The maximum atomic E-state index is 14.0. The van der Waals surface area contributed by atoms with Gasteiger partial charge in [0, 0.05) is 9.89 Å². The van der Waals surface area contributed by atoms with Crippen molar-refractivity contribution >= 4 is 41.5 Å². The van der Waals surface area contributed by atoms with E-state index in [4.69, 9.17) is 0 Å². The molecule has 1 atom stereocenters. The molecular formula is C22H23BrF2N2O5S2. The van der Waals surface area contributed by atoms with Gasteiger partial charge >= 0.3 is 6.23 Å². The van der Waals surface area contributed by atoms with Crippen LogP contribution < -0.4 is 14.8 Å². The van der Waals surface area contributed by atoms with Gasteiger partial charge in [-0.1, -0.05) is 15.9 Å². The number of rotatable bonds is 5. The second-order valence-corrected chi connectivity index (χ2v) is 14.2. The lowest BCUT2D eigenvalue weighted by Gasteiger charge is -2.41. The van der Waals surface area contributed by atoms with Crippen molar-refractivity contribution in [2.24, 2.45) is 11.7 Å². The number of anilines is 1. The maximum absolute atomic E-state index is 14.0. The monoisotopic (exact) mass is 576 g/mol. The number of nitrogens with two attached hydrogens (primary N) is 1. The van der Waals surface area contributed by atoms with Crippen molar-refractivity contribution in [1.82, 2.24) is 0 Å². The Balaban J connectivity index is 1.61. The van der Waals surface area contributed by atoms with Crippen LogP contribution in [-0.2, 0) is 25.3 Å². The number of hydrogen-bond acceptors (Lipinski definition) is 6. The molecule has 1 unspecified atom stereocenters. The molecule has 0 aromatic heterocycles. The molecule has 2 N–H and O–H groups in total. The van der Waals surface area contributed by atoms with E-state index >= 15 is 0 Å². The molecule has 7 nitrogen and oxygen atoms in total. The van der Waals surface area contributed by atoms with Crippen molar-refractivity contribution in [2.75, 3.05) is 15.8 Å². The summed E-state index contributed by atoms with van der Waals surface area (Å²) >= 11 is 3.49. The minimum atomic E-state index is -4.09. The number of ether oxygens (including phenoxy) is 1. The summed E-state index contributed by atoms with van der Waals surface area (Å²) in [6, 6.07) is 9.72. The number of sulfonamides is 1. The van der Waals surface area contributed by atoms with Crippen LogP contribution in [-0.4, -0.2) is 40.6 Å². The molecule has 2 aromatic carbocycles. The highest BCUT2D eigenvalue weighted by Crippen LogP contribution is 2.59. The van der Waals surface area contributed by atoms with Gasteiger partial charge < -0.3 is 4.74 Å². The molecule has 2 aromatic rings. The topological polar surface area (TPSA) is 107 Å². The predicted molar refractivity (Wildman–Crippen MR) is 126 cm³/mol. The Morgan fingerprint density at radius 3 is 2.26 bits per heavy atom. The smallest absolute Gasteiger partial charge is 0.420 e. The van der Waals surface area contributed by atoms with Crippen LogP contribution in [0.2, 0.25) is 0 Å². The van der Waals surface area contributed by atoms with Crippen LogP contribution in [0.25, 0.3) is 0 Å². The van der Waals surface area contributed by atoms with Crippen LogP contribution >= 0.6 is 15.9 Å². The van der Waals surface area contributed by atoms with Crippen LogP contribution in [0.3, 0.4) is 0 Å². The third kappa shape index (κ3) is 4.12. The number of sulfone groups is 1. The van der Waals surface area contributed by atoms with Gasteiger partial charge in [-0.15, -0.1) is 8.78 Å². The lowest BCUT2D eigenvalue weighted by atomic mass is 9.70. The van der Waals surface area contributed by atoms with E-state index in [1.54, 1.807) is 12.1 Å². The van der Waals surface area contributed by atoms with Crippen LogP contribution in [0.1, 0.15) is 31.2 Å². The molecule has 2 fully saturated rings. The lowest BCUT2D eigenvalue weighted by molar-refractivity contribution is -0.170. The van der Waals surface area contributed by atoms with Gasteiger partial charge in [-0.05, 0) is 79.6 Å². The van der Waals surface area contributed by atoms with E-state index in [9.17, 15) is 25.6 Å². The standard InChI is InChI=1S/C22H23BrF2N2O5S2/c23-15-3-8-19-18(13-15)21(9-11-33(28,29)12-10-21)20(14-1-2-14)27(19)34(30,31)17-6-4-16(5-7-17)32-22(24,25)26/h3-8,13-14,20H,1-2,9-12,26H2. The van der Waals surface area contributed by atoms with Crippen LogP contribution in [0.5, 0.6) is 5.75 Å². The number of benzene rings is 2. The molecule has 1 saturated heterocycles. The number of nitrogens with zero attached hydrogens (tertiary/aromatic N) is 1. The van der Waals surface area contributed by atoms with Crippen LogP contribution in [0.4, 0.5) is 14.5 Å². The molecule has 184 valence electrons. The van der Waals surface area contributed by atoms with Gasteiger partial charge in [0.15, 0.2) is 0 Å². The first-order chi connectivity index (χ1) is 15.8. The molecular weight excluding hydrogens is 554 g/mol. The zero-order chi connectivity index (χ0) is 24.5. The highest BCUT2D eigenvalue weighted by Gasteiger charge is 2.60. The van der Waals surface area contributed by atoms with Gasteiger partial charge in [0.25, 0.3) is 10.0 Å². The summed E-state index contributed by atoms with van der Waals surface area (Å²) in [4.78, 5) is -0.0693. The van der Waals surface area contributed by atoms with Gasteiger partial charge in [-0.2, -0.15) is 0 Å². The van der Waals surface area contributed by atoms with Crippen molar-refractivity contribution < 1.29 is 30.4 Å².